The highest BCUT2D eigenvalue weighted by Gasteiger charge is 1.99. The fourth-order valence-corrected chi connectivity index (χ4v) is 2.16. The smallest absolute Gasteiger partial charge is 0.191 e. The maximum atomic E-state index is 5.86. The number of benzene rings is 2. The van der Waals surface area contributed by atoms with Gasteiger partial charge in [0, 0.05) is 13.1 Å². The lowest BCUT2D eigenvalue weighted by Gasteiger charge is -2.10. The molecule has 0 saturated carbocycles. The summed E-state index contributed by atoms with van der Waals surface area (Å²) in [5.74, 6) is 1.64. The van der Waals surface area contributed by atoms with Gasteiger partial charge in [-0.05, 0) is 30.2 Å². The highest BCUT2D eigenvalue weighted by Crippen LogP contribution is 2.15. The summed E-state index contributed by atoms with van der Waals surface area (Å²) in [5, 5.41) is 6.40. The number of nitrogens with one attached hydrogen (secondary N) is 2. The number of hydrogen-bond acceptors (Lipinski definition) is 2. The van der Waals surface area contributed by atoms with Gasteiger partial charge in [-0.3, -0.25) is 0 Å². The van der Waals surface area contributed by atoms with Crippen LogP contribution in [-0.4, -0.2) is 19.0 Å². The molecule has 0 bridgehead atoms. The molecule has 0 saturated heterocycles. The Morgan fingerprint density at radius 3 is 2.56 bits per heavy atom. The van der Waals surface area contributed by atoms with Gasteiger partial charge in [0.05, 0.1) is 6.54 Å². The van der Waals surface area contributed by atoms with E-state index in [2.05, 4.69) is 40.4 Å². The van der Waals surface area contributed by atoms with E-state index in [1.165, 1.54) is 0 Å². The maximum Gasteiger partial charge on any atom is 0.191 e. The van der Waals surface area contributed by atoms with Gasteiger partial charge in [-0.15, -0.1) is 30.6 Å². The summed E-state index contributed by atoms with van der Waals surface area (Å²) in [4.78, 5) is 4.57. The average Bonchev–Trinajstić information content (AvgIpc) is 2.63. The highest BCUT2D eigenvalue weighted by atomic mass is 127. The minimum absolute atomic E-state index is 0. The van der Waals surface area contributed by atoms with Gasteiger partial charge in [-0.2, -0.15) is 0 Å². The largest absolute Gasteiger partial charge is 0.489 e. The zero-order valence-corrected chi connectivity index (χ0v) is 16.9. The van der Waals surface area contributed by atoms with E-state index in [9.17, 15) is 0 Å². The van der Waals surface area contributed by atoms with Crippen LogP contribution in [0.15, 0.2) is 72.2 Å². The van der Waals surface area contributed by atoms with Crippen LogP contribution in [0.5, 0.6) is 5.75 Å². The molecule has 0 atom stereocenters. The standard InChI is InChI=1S/C20H25N3O.HI/c1-3-13-22-20(21-4-2)23-15-18-11-8-12-19(14-18)24-16-17-9-6-5-7-10-17;/h3,5-12,14H,1,4,13,15-16H2,2H3,(H2,21,22,23);1H. The first-order valence-electron chi connectivity index (χ1n) is 8.20. The van der Waals surface area contributed by atoms with Crippen molar-refractivity contribution in [1.82, 2.24) is 10.6 Å². The second-order valence-corrected chi connectivity index (χ2v) is 5.29. The molecule has 25 heavy (non-hydrogen) atoms. The van der Waals surface area contributed by atoms with Crippen molar-refractivity contribution >= 4 is 29.9 Å². The van der Waals surface area contributed by atoms with Crippen LogP contribution < -0.4 is 15.4 Å². The lowest BCUT2D eigenvalue weighted by Crippen LogP contribution is -2.37. The Morgan fingerprint density at radius 1 is 1.08 bits per heavy atom. The van der Waals surface area contributed by atoms with Crippen LogP contribution in [0.1, 0.15) is 18.1 Å². The maximum absolute atomic E-state index is 5.86. The summed E-state index contributed by atoms with van der Waals surface area (Å²) < 4.78 is 5.86. The summed E-state index contributed by atoms with van der Waals surface area (Å²) in [6.07, 6.45) is 1.81. The Kier molecular flexibility index (Phi) is 10.4. The van der Waals surface area contributed by atoms with Crippen LogP contribution in [-0.2, 0) is 13.2 Å². The highest BCUT2D eigenvalue weighted by molar-refractivity contribution is 14.0. The molecular weight excluding hydrogens is 425 g/mol. The molecule has 2 rings (SSSR count). The Morgan fingerprint density at radius 2 is 1.84 bits per heavy atom. The first-order valence-corrected chi connectivity index (χ1v) is 8.20. The van der Waals surface area contributed by atoms with Gasteiger partial charge in [0.25, 0.3) is 0 Å². The molecule has 0 unspecified atom stereocenters. The van der Waals surface area contributed by atoms with Gasteiger partial charge in [-0.25, -0.2) is 4.99 Å². The molecule has 0 aliphatic heterocycles. The molecule has 0 fully saturated rings. The van der Waals surface area contributed by atoms with Crippen molar-refractivity contribution in [2.24, 2.45) is 4.99 Å². The molecular formula is C20H26IN3O. The first kappa shape index (κ1) is 21.0. The Balaban J connectivity index is 0.00000312. The summed E-state index contributed by atoms with van der Waals surface area (Å²) in [6, 6.07) is 18.2. The van der Waals surface area contributed by atoms with Crippen molar-refractivity contribution < 1.29 is 4.74 Å². The number of nitrogens with zero attached hydrogens (tertiary/aromatic N) is 1. The lowest BCUT2D eigenvalue weighted by atomic mass is 10.2. The third-order valence-corrected chi connectivity index (χ3v) is 3.32. The summed E-state index contributed by atoms with van der Waals surface area (Å²) in [7, 11) is 0. The second-order valence-electron chi connectivity index (χ2n) is 5.29. The van der Waals surface area contributed by atoms with Crippen LogP contribution in [0.25, 0.3) is 0 Å². The zero-order chi connectivity index (χ0) is 17.0. The molecule has 0 amide bonds. The van der Waals surface area contributed by atoms with E-state index in [0.29, 0.717) is 19.7 Å². The van der Waals surface area contributed by atoms with Crippen LogP contribution in [0.2, 0.25) is 0 Å². The Labute approximate surface area is 167 Å². The fourth-order valence-electron chi connectivity index (χ4n) is 2.16. The minimum atomic E-state index is 0. The van der Waals surface area contributed by atoms with E-state index < -0.39 is 0 Å². The van der Waals surface area contributed by atoms with Crippen LogP contribution in [0.3, 0.4) is 0 Å². The van der Waals surface area contributed by atoms with Gasteiger partial charge in [0.15, 0.2) is 5.96 Å². The second kappa shape index (κ2) is 12.4. The predicted molar refractivity (Wildman–Crippen MR) is 116 cm³/mol. The number of rotatable bonds is 8. The normalized spacial score (nSPS) is 10.5. The lowest BCUT2D eigenvalue weighted by molar-refractivity contribution is 0.306. The predicted octanol–water partition coefficient (Wildman–Crippen LogP) is 4.12. The number of guanidine groups is 1. The Bertz CT molecular complexity index is 659. The molecule has 134 valence electrons. The van der Waals surface area contributed by atoms with E-state index in [1.54, 1.807) is 0 Å². The third-order valence-electron chi connectivity index (χ3n) is 3.32. The summed E-state index contributed by atoms with van der Waals surface area (Å²) >= 11 is 0. The topological polar surface area (TPSA) is 45.7 Å². The molecule has 0 aliphatic carbocycles. The van der Waals surface area contributed by atoms with Gasteiger partial charge >= 0.3 is 0 Å². The van der Waals surface area contributed by atoms with Crippen molar-refractivity contribution in [3.05, 3.63) is 78.4 Å². The van der Waals surface area contributed by atoms with Gasteiger partial charge in [-0.1, -0.05) is 48.5 Å². The molecule has 0 spiro atoms. The number of hydrogen-bond donors (Lipinski definition) is 2. The zero-order valence-electron chi connectivity index (χ0n) is 14.6. The van der Waals surface area contributed by atoms with Gasteiger partial charge < -0.3 is 15.4 Å². The van der Waals surface area contributed by atoms with E-state index >= 15 is 0 Å². The van der Waals surface area contributed by atoms with Crippen LogP contribution in [0.4, 0.5) is 0 Å². The fraction of sp³-hybridized carbons (Fsp3) is 0.250. The SMILES string of the molecule is C=CCNC(=NCc1cccc(OCc2ccccc2)c1)NCC.I. The van der Waals surface area contributed by atoms with E-state index in [4.69, 9.17) is 4.74 Å². The van der Waals surface area contributed by atoms with E-state index in [1.807, 2.05) is 49.4 Å². The average molecular weight is 451 g/mol. The monoisotopic (exact) mass is 451 g/mol. The molecule has 4 nitrogen and oxygen atoms in total. The quantitative estimate of drug-likeness (QED) is 0.275. The van der Waals surface area contributed by atoms with Crippen LogP contribution >= 0.6 is 24.0 Å². The molecule has 2 aromatic rings. The van der Waals surface area contributed by atoms with Crippen molar-refractivity contribution in [2.75, 3.05) is 13.1 Å². The summed E-state index contributed by atoms with van der Waals surface area (Å²) in [6.45, 7) is 8.42. The molecule has 0 aromatic heterocycles. The Hall–Kier alpha value is -2.02. The number of ether oxygens (including phenoxy) is 1. The van der Waals surface area contributed by atoms with Crippen molar-refractivity contribution in [3.8, 4) is 5.75 Å². The van der Waals surface area contributed by atoms with Crippen LogP contribution in [0, 0.1) is 0 Å². The first-order chi connectivity index (χ1) is 11.8. The van der Waals surface area contributed by atoms with Gasteiger partial charge in [0.1, 0.15) is 12.4 Å². The van der Waals surface area contributed by atoms with Crippen molar-refractivity contribution in [1.29, 1.82) is 0 Å². The molecule has 0 aliphatic rings. The van der Waals surface area contributed by atoms with E-state index in [-0.39, 0.29) is 24.0 Å². The molecule has 2 aromatic carbocycles. The van der Waals surface area contributed by atoms with Crippen molar-refractivity contribution in [3.63, 3.8) is 0 Å². The number of halogens is 1. The minimum Gasteiger partial charge on any atom is -0.489 e. The van der Waals surface area contributed by atoms with E-state index in [0.717, 1.165) is 29.4 Å². The molecule has 2 N–H and O–H groups in total. The third kappa shape index (κ3) is 8.07. The summed E-state index contributed by atoms with van der Waals surface area (Å²) in [5.41, 5.74) is 2.26. The molecule has 5 heteroatoms. The molecule has 0 heterocycles. The molecule has 0 radical (unpaired) electrons. The van der Waals surface area contributed by atoms with Crippen molar-refractivity contribution in [2.45, 2.75) is 20.1 Å². The number of aliphatic imine (C=N–C) groups is 1. The van der Waals surface area contributed by atoms with Gasteiger partial charge in [0.2, 0.25) is 0 Å².